The quantitative estimate of drug-likeness (QED) is 0.321. The topological polar surface area (TPSA) is 89.7 Å². The third kappa shape index (κ3) is 5.14. The number of nitrogens with one attached hydrogen (secondary N) is 1. The molecule has 2 aromatic carbocycles. The second-order valence-electron chi connectivity index (χ2n) is 9.07. The number of ether oxygens (including phenoxy) is 2. The lowest BCUT2D eigenvalue weighted by Gasteiger charge is -2.15. The van der Waals surface area contributed by atoms with Crippen molar-refractivity contribution in [1.82, 2.24) is 29.5 Å². The summed E-state index contributed by atoms with van der Waals surface area (Å²) < 4.78 is 27.1. The molecule has 0 spiro atoms. The van der Waals surface area contributed by atoms with Crippen molar-refractivity contribution in [2.75, 3.05) is 31.6 Å². The maximum Gasteiger partial charge on any atom is 0.158 e. The number of likely N-dealkylation sites (tertiary alicyclic amines) is 1. The molecule has 188 valence electrons. The summed E-state index contributed by atoms with van der Waals surface area (Å²) in [5.41, 5.74) is 3.37. The molecule has 9 nitrogen and oxygen atoms in total. The summed E-state index contributed by atoms with van der Waals surface area (Å²) in [5.74, 6) is 2.84. The van der Waals surface area contributed by atoms with E-state index in [1.54, 1.807) is 4.52 Å². The lowest BCUT2D eigenvalue weighted by molar-refractivity contribution is 0.225. The Bertz CT molecular complexity index is 1560. The van der Waals surface area contributed by atoms with Crippen molar-refractivity contribution < 1.29 is 13.9 Å². The van der Waals surface area contributed by atoms with Gasteiger partial charge in [-0.3, -0.25) is 4.90 Å². The highest BCUT2D eigenvalue weighted by molar-refractivity contribution is 5.91. The van der Waals surface area contributed by atoms with Crippen LogP contribution in [0.5, 0.6) is 17.2 Å². The number of hydrogen-bond donors (Lipinski definition) is 1. The zero-order chi connectivity index (χ0) is 25.2. The predicted molar refractivity (Wildman–Crippen MR) is 139 cm³/mol. The first-order valence-corrected chi connectivity index (χ1v) is 12.2. The van der Waals surface area contributed by atoms with Crippen LogP contribution in [0.1, 0.15) is 12.0 Å². The van der Waals surface area contributed by atoms with Crippen molar-refractivity contribution in [3.05, 3.63) is 72.9 Å². The van der Waals surface area contributed by atoms with E-state index in [2.05, 4.69) is 30.3 Å². The lowest BCUT2D eigenvalue weighted by atomic mass is 10.2. The highest BCUT2D eigenvalue weighted by Gasteiger charge is 2.21. The summed E-state index contributed by atoms with van der Waals surface area (Å²) >= 11 is 0. The average molecular weight is 500 g/mol. The van der Waals surface area contributed by atoms with E-state index >= 15 is 0 Å². The summed E-state index contributed by atoms with van der Waals surface area (Å²) in [6, 6.07) is 15.3. The normalized spacial score (nSPS) is 15.9. The van der Waals surface area contributed by atoms with Gasteiger partial charge in [-0.2, -0.15) is 5.10 Å². The maximum atomic E-state index is 13.4. The molecule has 1 aliphatic rings. The number of aryl methyl sites for hydroxylation is 1. The van der Waals surface area contributed by atoms with Gasteiger partial charge in [-0.05, 0) is 61.4 Å². The molecule has 5 aromatic rings. The zero-order valence-electron chi connectivity index (χ0n) is 20.3. The molecule has 3 aromatic heterocycles. The van der Waals surface area contributed by atoms with Gasteiger partial charge in [0.1, 0.15) is 48.5 Å². The van der Waals surface area contributed by atoms with Gasteiger partial charge in [-0.25, -0.2) is 23.9 Å². The molecule has 0 radical (unpaired) electrons. The number of benzene rings is 2. The van der Waals surface area contributed by atoms with Crippen LogP contribution in [0.4, 0.5) is 15.9 Å². The molecule has 1 N–H and O–H groups in total. The Morgan fingerprint density at radius 1 is 1.03 bits per heavy atom. The van der Waals surface area contributed by atoms with Gasteiger partial charge in [0.2, 0.25) is 0 Å². The lowest BCUT2D eigenvalue weighted by Crippen LogP contribution is -2.26. The summed E-state index contributed by atoms with van der Waals surface area (Å²) in [6.45, 7) is 4.47. The van der Waals surface area contributed by atoms with Gasteiger partial charge in [0.25, 0.3) is 0 Å². The third-order valence-corrected chi connectivity index (χ3v) is 6.42. The standard InChI is InChI=1S/C27H26FN7O2/c1-18-12-20(2-5-25(18)37-22-7-9-35-26(14-22)30-17-32-35)33-27-23-13-21(3-4-24(23)29-16-31-27)36-11-10-34-8-6-19(28)15-34/h2-5,7,9,12-14,16-17,19H,6,8,10-11,15H2,1H3,(H,29,31,33)/t19-/m0/s1. The fraction of sp³-hybridized carbons (Fsp3) is 0.259. The second kappa shape index (κ2) is 9.98. The number of halogens is 1. The molecule has 1 fully saturated rings. The maximum absolute atomic E-state index is 13.4. The van der Waals surface area contributed by atoms with Gasteiger partial charge >= 0.3 is 0 Å². The minimum atomic E-state index is -0.722. The van der Waals surface area contributed by atoms with E-state index in [0.717, 1.165) is 45.8 Å². The summed E-state index contributed by atoms with van der Waals surface area (Å²) in [4.78, 5) is 15.1. The molecule has 1 saturated heterocycles. The number of aromatic nitrogens is 5. The van der Waals surface area contributed by atoms with Crippen molar-refractivity contribution in [3.63, 3.8) is 0 Å². The Labute approximate surface area is 212 Å². The van der Waals surface area contributed by atoms with Crippen molar-refractivity contribution in [2.24, 2.45) is 0 Å². The molecule has 6 rings (SSSR count). The average Bonchev–Trinajstić information content (AvgIpc) is 3.54. The fourth-order valence-corrected chi connectivity index (χ4v) is 4.47. The first-order chi connectivity index (χ1) is 18.1. The molecule has 1 aliphatic heterocycles. The van der Waals surface area contributed by atoms with Crippen LogP contribution in [0.25, 0.3) is 16.6 Å². The summed E-state index contributed by atoms with van der Waals surface area (Å²) in [7, 11) is 0. The van der Waals surface area contributed by atoms with Crippen molar-refractivity contribution >= 4 is 28.1 Å². The number of alkyl halides is 1. The molecule has 0 amide bonds. The number of fused-ring (bicyclic) bond motifs is 2. The molecule has 1 atom stereocenters. The number of anilines is 2. The van der Waals surface area contributed by atoms with E-state index in [1.807, 2.05) is 61.7 Å². The van der Waals surface area contributed by atoms with E-state index in [4.69, 9.17) is 9.47 Å². The minimum Gasteiger partial charge on any atom is -0.492 e. The Kier molecular flexibility index (Phi) is 6.23. The molecule has 0 unspecified atom stereocenters. The number of pyridine rings is 1. The van der Waals surface area contributed by atoms with Crippen molar-refractivity contribution in [3.8, 4) is 17.2 Å². The second-order valence-corrected chi connectivity index (χ2v) is 9.07. The van der Waals surface area contributed by atoms with E-state index in [1.165, 1.54) is 12.7 Å². The Balaban J connectivity index is 1.16. The minimum absolute atomic E-state index is 0.489. The Morgan fingerprint density at radius 3 is 2.84 bits per heavy atom. The van der Waals surface area contributed by atoms with Crippen LogP contribution in [0, 0.1) is 6.92 Å². The molecular formula is C27H26FN7O2. The van der Waals surface area contributed by atoms with Crippen LogP contribution in [0.2, 0.25) is 0 Å². The fourth-order valence-electron chi connectivity index (χ4n) is 4.47. The molecular weight excluding hydrogens is 473 g/mol. The van der Waals surface area contributed by atoms with Crippen LogP contribution in [0.3, 0.4) is 0 Å². The molecule has 0 saturated carbocycles. The third-order valence-electron chi connectivity index (χ3n) is 6.42. The Hall–Kier alpha value is -4.31. The van der Waals surface area contributed by atoms with Gasteiger partial charge in [0.15, 0.2) is 5.65 Å². The largest absolute Gasteiger partial charge is 0.492 e. The van der Waals surface area contributed by atoms with Gasteiger partial charge in [-0.1, -0.05) is 0 Å². The van der Waals surface area contributed by atoms with Gasteiger partial charge in [-0.15, -0.1) is 0 Å². The highest BCUT2D eigenvalue weighted by atomic mass is 19.1. The Morgan fingerprint density at radius 2 is 1.97 bits per heavy atom. The highest BCUT2D eigenvalue weighted by Crippen LogP contribution is 2.31. The van der Waals surface area contributed by atoms with Crippen LogP contribution in [-0.4, -0.2) is 61.9 Å². The van der Waals surface area contributed by atoms with Crippen LogP contribution >= 0.6 is 0 Å². The van der Waals surface area contributed by atoms with Gasteiger partial charge in [0.05, 0.1) is 5.52 Å². The summed E-state index contributed by atoms with van der Waals surface area (Å²) in [6.07, 6.45) is 4.74. The predicted octanol–water partition coefficient (Wildman–Crippen LogP) is 4.94. The number of rotatable bonds is 8. The number of hydrogen-bond acceptors (Lipinski definition) is 8. The van der Waals surface area contributed by atoms with Crippen LogP contribution in [0.15, 0.2) is 67.4 Å². The van der Waals surface area contributed by atoms with E-state index in [-0.39, 0.29) is 0 Å². The van der Waals surface area contributed by atoms with Gasteiger partial charge < -0.3 is 14.8 Å². The monoisotopic (exact) mass is 499 g/mol. The van der Waals surface area contributed by atoms with E-state index in [0.29, 0.717) is 37.7 Å². The van der Waals surface area contributed by atoms with Crippen molar-refractivity contribution in [2.45, 2.75) is 19.5 Å². The molecule has 4 heterocycles. The molecule has 0 aliphatic carbocycles. The molecule has 0 bridgehead atoms. The van der Waals surface area contributed by atoms with E-state index < -0.39 is 6.17 Å². The molecule has 37 heavy (non-hydrogen) atoms. The SMILES string of the molecule is Cc1cc(Nc2ncnc3ccc(OCCN4CC[C@H](F)C4)cc23)ccc1Oc1ccn2ncnc2c1. The first kappa shape index (κ1) is 23.1. The summed E-state index contributed by atoms with van der Waals surface area (Å²) in [5, 5.41) is 8.36. The van der Waals surface area contributed by atoms with Crippen LogP contribution < -0.4 is 14.8 Å². The van der Waals surface area contributed by atoms with E-state index in [9.17, 15) is 4.39 Å². The zero-order valence-corrected chi connectivity index (χ0v) is 20.3. The molecule has 10 heteroatoms. The van der Waals surface area contributed by atoms with Crippen molar-refractivity contribution in [1.29, 1.82) is 0 Å². The van der Waals surface area contributed by atoms with Gasteiger partial charge in [0, 0.05) is 43.0 Å². The van der Waals surface area contributed by atoms with Crippen LogP contribution in [-0.2, 0) is 0 Å². The number of nitrogens with zero attached hydrogens (tertiary/aromatic N) is 6. The smallest absolute Gasteiger partial charge is 0.158 e. The first-order valence-electron chi connectivity index (χ1n) is 12.2.